The molecule has 2 aromatic heterocycles. The normalized spacial score (nSPS) is 16.4. The Balaban J connectivity index is 1.76. The van der Waals surface area contributed by atoms with E-state index in [0.29, 0.717) is 31.1 Å². The molecule has 1 fully saturated rings. The van der Waals surface area contributed by atoms with Gasteiger partial charge in [0.2, 0.25) is 5.88 Å². The van der Waals surface area contributed by atoms with E-state index in [2.05, 4.69) is 14.9 Å². The summed E-state index contributed by atoms with van der Waals surface area (Å²) < 4.78 is 5.53. The fourth-order valence-corrected chi connectivity index (χ4v) is 3.15. The van der Waals surface area contributed by atoms with Crippen LogP contribution in [0.1, 0.15) is 18.5 Å². The number of carbonyl (C=O) groups is 1. The maximum absolute atomic E-state index is 12.0. The van der Waals surface area contributed by atoms with Crippen LogP contribution in [0.4, 0.5) is 5.69 Å². The van der Waals surface area contributed by atoms with Crippen molar-refractivity contribution in [1.29, 1.82) is 0 Å². The number of anilines is 1. The van der Waals surface area contributed by atoms with Gasteiger partial charge in [-0.25, -0.2) is 4.98 Å². The summed E-state index contributed by atoms with van der Waals surface area (Å²) in [7, 11) is 0. The lowest BCUT2D eigenvalue weighted by Gasteiger charge is -2.38. The zero-order valence-electron chi connectivity index (χ0n) is 14.2. The van der Waals surface area contributed by atoms with Crippen molar-refractivity contribution in [3.8, 4) is 5.88 Å². The highest BCUT2D eigenvalue weighted by atomic mass is 16.5. The molecule has 1 N–H and O–H groups in total. The molecule has 1 saturated heterocycles. The topological polar surface area (TPSA) is 78.8 Å². The Labute approximate surface area is 146 Å². The molecule has 0 aliphatic carbocycles. The van der Waals surface area contributed by atoms with Crippen molar-refractivity contribution in [3.05, 3.63) is 48.4 Å². The van der Waals surface area contributed by atoms with Gasteiger partial charge in [0, 0.05) is 56.0 Å². The minimum atomic E-state index is -0.883. The summed E-state index contributed by atoms with van der Waals surface area (Å²) in [4.78, 5) is 24.4. The van der Waals surface area contributed by atoms with Crippen molar-refractivity contribution >= 4 is 11.7 Å². The Hall–Kier alpha value is -2.67. The third kappa shape index (κ3) is 3.88. The lowest BCUT2D eigenvalue weighted by atomic mass is 10.1. The Kier molecular flexibility index (Phi) is 5.45. The number of rotatable bonds is 6. The average Bonchev–Trinajstić information content (AvgIpc) is 2.65. The van der Waals surface area contributed by atoms with Crippen molar-refractivity contribution in [2.45, 2.75) is 13.0 Å². The van der Waals surface area contributed by atoms with Gasteiger partial charge in [-0.3, -0.25) is 14.7 Å². The average molecular weight is 342 g/mol. The SMILES string of the molecule is CCOc1ncccc1C(C(=O)O)N1CCN(c2ccncc2)CC1. The van der Waals surface area contributed by atoms with Crippen LogP contribution in [-0.2, 0) is 4.79 Å². The molecule has 3 rings (SSSR count). The summed E-state index contributed by atoms with van der Waals surface area (Å²) in [5, 5.41) is 9.81. The summed E-state index contributed by atoms with van der Waals surface area (Å²) in [6.07, 6.45) is 5.16. The van der Waals surface area contributed by atoms with Gasteiger partial charge >= 0.3 is 5.97 Å². The Morgan fingerprint density at radius 1 is 1.20 bits per heavy atom. The van der Waals surface area contributed by atoms with Gasteiger partial charge in [0.05, 0.1) is 6.61 Å². The number of aromatic nitrogens is 2. The molecule has 1 unspecified atom stereocenters. The van der Waals surface area contributed by atoms with Crippen LogP contribution in [0.5, 0.6) is 5.88 Å². The van der Waals surface area contributed by atoms with E-state index in [9.17, 15) is 9.90 Å². The molecule has 3 heterocycles. The molecule has 0 bridgehead atoms. The van der Waals surface area contributed by atoms with Crippen LogP contribution in [0.3, 0.4) is 0 Å². The fourth-order valence-electron chi connectivity index (χ4n) is 3.15. The third-order valence-corrected chi connectivity index (χ3v) is 4.32. The molecule has 0 aromatic carbocycles. The molecule has 7 nitrogen and oxygen atoms in total. The standard InChI is InChI=1S/C18H22N4O3/c1-2-25-17-15(4-3-7-20-17)16(18(23)24)22-12-10-21(11-13-22)14-5-8-19-9-6-14/h3-9,16H,2,10-13H2,1H3,(H,23,24). The smallest absolute Gasteiger partial charge is 0.325 e. The first-order valence-corrected chi connectivity index (χ1v) is 8.40. The number of piperazine rings is 1. The summed E-state index contributed by atoms with van der Waals surface area (Å²) in [5.41, 5.74) is 1.71. The van der Waals surface area contributed by atoms with E-state index in [1.54, 1.807) is 30.7 Å². The Morgan fingerprint density at radius 3 is 2.56 bits per heavy atom. The van der Waals surface area contributed by atoms with Gasteiger partial charge in [0.25, 0.3) is 0 Å². The molecule has 25 heavy (non-hydrogen) atoms. The minimum absolute atomic E-state index is 0.397. The molecule has 7 heteroatoms. The van der Waals surface area contributed by atoms with Gasteiger partial charge in [-0.1, -0.05) is 0 Å². The predicted molar refractivity (Wildman–Crippen MR) is 93.8 cm³/mol. The van der Waals surface area contributed by atoms with Crippen LogP contribution in [0, 0.1) is 0 Å². The molecule has 1 aliphatic rings. The molecule has 0 spiro atoms. The first-order valence-electron chi connectivity index (χ1n) is 8.40. The van der Waals surface area contributed by atoms with E-state index in [0.717, 1.165) is 18.8 Å². The molecule has 2 aromatic rings. The highest BCUT2D eigenvalue weighted by Crippen LogP contribution is 2.29. The number of carboxylic acids is 1. The molecular formula is C18H22N4O3. The highest BCUT2D eigenvalue weighted by Gasteiger charge is 2.32. The summed E-state index contributed by atoms with van der Waals surface area (Å²) >= 11 is 0. The van der Waals surface area contributed by atoms with Gasteiger partial charge in [0.1, 0.15) is 6.04 Å². The number of ether oxygens (including phenoxy) is 1. The second-order valence-electron chi connectivity index (χ2n) is 5.80. The summed E-state index contributed by atoms with van der Waals surface area (Å²) in [6.45, 7) is 5.14. The van der Waals surface area contributed by atoms with Gasteiger partial charge in [-0.05, 0) is 31.2 Å². The lowest BCUT2D eigenvalue weighted by Crippen LogP contribution is -2.49. The van der Waals surface area contributed by atoms with Gasteiger partial charge < -0.3 is 14.7 Å². The molecule has 1 atom stereocenters. The van der Waals surface area contributed by atoms with Crippen molar-refractivity contribution in [3.63, 3.8) is 0 Å². The quantitative estimate of drug-likeness (QED) is 0.858. The van der Waals surface area contributed by atoms with Crippen molar-refractivity contribution < 1.29 is 14.6 Å². The molecule has 1 aliphatic heterocycles. The molecular weight excluding hydrogens is 320 g/mol. The number of nitrogens with zero attached hydrogens (tertiary/aromatic N) is 4. The molecule has 0 amide bonds. The van der Waals surface area contributed by atoms with Crippen LogP contribution in [0.15, 0.2) is 42.9 Å². The zero-order valence-corrected chi connectivity index (χ0v) is 14.2. The number of hydrogen-bond acceptors (Lipinski definition) is 6. The second kappa shape index (κ2) is 7.94. The van der Waals surface area contributed by atoms with Gasteiger partial charge in [-0.2, -0.15) is 0 Å². The maximum Gasteiger partial charge on any atom is 0.325 e. The summed E-state index contributed by atoms with van der Waals surface area (Å²) in [5.74, 6) is -0.486. The number of aliphatic carboxylic acids is 1. The van der Waals surface area contributed by atoms with Gasteiger partial charge in [0.15, 0.2) is 0 Å². The maximum atomic E-state index is 12.0. The zero-order chi connectivity index (χ0) is 17.6. The predicted octanol–water partition coefficient (Wildman–Crippen LogP) is 1.82. The van der Waals surface area contributed by atoms with Crippen molar-refractivity contribution in [1.82, 2.24) is 14.9 Å². The number of pyridine rings is 2. The Morgan fingerprint density at radius 2 is 1.92 bits per heavy atom. The molecule has 0 radical (unpaired) electrons. The van der Waals surface area contributed by atoms with Gasteiger partial charge in [-0.15, -0.1) is 0 Å². The monoisotopic (exact) mass is 342 g/mol. The molecule has 132 valence electrons. The highest BCUT2D eigenvalue weighted by molar-refractivity contribution is 5.76. The van der Waals surface area contributed by atoms with Crippen molar-refractivity contribution in [2.24, 2.45) is 0 Å². The third-order valence-electron chi connectivity index (χ3n) is 4.32. The van der Waals surface area contributed by atoms with Crippen LogP contribution in [0.25, 0.3) is 0 Å². The van der Waals surface area contributed by atoms with E-state index in [1.807, 2.05) is 24.0 Å². The van der Waals surface area contributed by atoms with E-state index < -0.39 is 12.0 Å². The van der Waals surface area contributed by atoms with Crippen LogP contribution >= 0.6 is 0 Å². The van der Waals surface area contributed by atoms with Crippen LogP contribution in [-0.4, -0.2) is 58.7 Å². The fraction of sp³-hybridized carbons (Fsp3) is 0.389. The van der Waals surface area contributed by atoms with Crippen LogP contribution in [0.2, 0.25) is 0 Å². The minimum Gasteiger partial charge on any atom is -0.480 e. The summed E-state index contributed by atoms with van der Waals surface area (Å²) in [6, 6.07) is 6.72. The van der Waals surface area contributed by atoms with Crippen LogP contribution < -0.4 is 9.64 Å². The second-order valence-corrected chi connectivity index (χ2v) is 5.80. The largest absolute Gasteiger partial charge is 0.480 e. The van der Waals surface area contributed by atoms with E-state index in [1.165, 1.54) is 0 Å². The first kappa shape index (κ1) is 17.2. The van der Waals surface area contributed by atoms with Crippen molar-refractivity contribution in [2.75, 3.05) is 37.7 Å². The van der Waals surface area contributed by atoms with E-state index in [4.69, 9.17) is 4.74 Å². The lowest BCUT2D eigenvalue weighted by molar-refractivity contribution is -0.143. The Bertz CT molecular complexity index is 702. The molecule has 0 saturated carbocycles. The van der Waals surface area contributed by atoms with E-state index >= 15 is 0 Å². The number of carboxylic acid groups (broad SMARTS) is 1. The first-order chi connectivity index (χ1) is 12.2. The van der Waals surface area contributed by atoms with E-state index in [-0.39, 0.29) is 0 Å². The number of hydrogen-bond donors (Lipinski definition) is 1.